The number of rotatable bonds is 2. The second-order valence-electron chi connectivity index (χ2n) is 10.7. The number of aromatic nitrogens is 1. The molecule has 3 nitrogen and oxygen atoms in total. The molecule has 4 atom stereocenters. The fourth-order valence-electron chi connectivity index (χ4n) is 6.04. The second-order valence-corrected chi connectivity index (χ2v) is 12.2. The summed E-state index contributed by atoms with van der Waals surface area (Å²) in [6.07, 6.45) is 3.97. The number of aliphatic hydroxyl groups excluding tert-OH is 1. The Morgan fingerprint density at radius 3 is 2.52 bits per heavy atom. The predicted molar refractivity (Wildman–Crippen MR) is 128 cm³/mol. The maximum Gasteiger partial charge on any atom is 0.123 e. The van der Waals surface area contributed by atoms with Crippen LogP contribution in [0.15, 0.2) is 24.3 Å². The zero-order chi connectivity index (χ0) is 22.1. The highest BCUT2D eigenvalue weighted by molar-refractivity contribution is 14.1. The van der Waals surface area contributed by atoms with E-state index in [1.165, 1.54) is 17.7 Å². The number of pyridine rings is 1. The summed E-state index contributed by atoms with van der Waals surface area (Å²) in [5.74, 6) is -0.00776. The Hall–Kier alpha value is -1.05. The molecule has 1 aromatic heterocycles. The van der Waals surface area contributed by atoms with E-state index in [4.69, 9.17) is 9.72 Å². The van der Waals surface area contributed by atoms with Crippen LogP contribution in [0.5, 0.6) is 0 Å². The Morgan fingerprint density at radius 1 is 1.19 bits per heavy atom. The van der Waals surface area contributed by atoms with Crippen LogP contribution < -0.4 is 0 Å². The number of ether oxygens (including phenoxy) is 1. The van der Waals surface area contributed by atoms with Crippen LogP contribution in [0.4, 0.5) is 4.39 Å². The average molecular weight is 535 g/mol. The van der Waals surface area contributed by atoms with Gasteiger partial charge in [-0.2, -0.15) is 0 Å². The quantitative estimate of drug-likeness (QED) is 0.346. The molecule has 3 aliphatic rings. The van der Waals surface area contributed by atoms with Crippen LogP contribution >= 0.6 is 22.6 Å². The van der Waals surface area contributed by atoms with Crippen LogP contribution in [0.25, 0.3) is 0 Å². The van der Waals surface area contributed by atoms with Gasteiger partial charge in [-0.05, 0) is 61.1 Å². The zero-order valence-electron chi connectivity index (χ0n) is 18.7. The van der Waals surface area contributed by atoms with E-state index in [-0.39, 0.29) is 23.3 Å². The Balaban J connectivity index is 1.82. The standard InChI is InChI=1S/C26H31FINO2/c1-14(2)23-21-22(20-17(29-23)12-25(3,4)13-18(20)30)26(11-5-6-19(26)28)31-24(21)15-7-9-16(27)10-8-15/h7-10,14,18-19,24,30H,5-6,11-13H2,1-4H3/t18?,19?,24-,26?/m1/s1. The molecule has 5 rings (SSSR count). The van der Waals surface area contributed by atoms with Crippen LogP contribution in [0.3, 0.4) is 0 Å². The largest absolute Gasteiger partial charge is 0.388 e. The van der Waals surface area contributed by atoms with Crippen molar-refractivity contribution in [1.82, 2.24) is 4.98 Å². The van der Waals surface area contributed by atoms with Crippen molar-refractivity contribution in [2.45, 2.75) is 87.5 Å². The van der Waals surface area contributed by atoms with Crippen molar-refractivity contribution < 1.29 is 14.2 Å². The molecule has 1 saturated carbocycles. The van der Waals surface area contributed by atoms with E-state index in [0.717, 1.165) is 60.2 Å². The van der Waals surface area contributed by atoms with Crippen molar-refractivity contribution in [3.8, 4) is 0 Å². The summed E-state index contributed by atoms with van der Waals surface area (Å²) in [5, 5.41) is 11.4. The fraction of sp³-hybridized carbons (Fsp3) is 0.577. The third kappa shape index (κ3) is 3.37. The van der Waals surface area contributed by atoms with E-state index in [2.05, 4.69) is 50.3 Å². The van der Waals surface area contributed by atoms with Crippen molar-refractivity contribution in [3.63, 3.8) is 0 Å². The first-order valence-electron chi connectivity index (χ1n) is 11.5. The number of hydrogen-bond acceptors (Lipinski definition) is 3. The van der Waals surface area contributed by atoms with Crippen LogP contribution in [0.2, 0.25) is 0 Å². The van der Waals surface area contributed by atoms with Gasteiger partial charge in [0.2, 0.25) is 0 Å². The van der Waals surface area contributed by atoms with Gasteiger partial charge in [0.05, 0.1) is 6.10 Å². The van der Waals surface area contributed by atoms with Gasteiger partial charge >= 0.3 is 0 Å². The van der Waals surface area contributed by atoms with Gasteiger partial charge in [-0.15, -0.1) is 0 Å². The van der Waals surface area contributed by atoms with Gasteiger partial charge in [0.25, 0.3) is 0 Å². The highest BCUT2D eigenvalue weighted by Crippen LogP contribution is 2.61. The molecule has 1 fully saturated rings. The monoisotopic (exact) mass is 535 g/mol. The third-order valence-corrected chi connectivity index (χ3v) is 8.98. The number of aliphatic hydroxyl groups is 1. The predicted octanol–water partition coefficient (Wildman–Crippen LogP) is 6.65. The van der Waals surface area contributed by atoms with Crippen LogP contribution in [-0.4, -0.2) is 14.0 Å². The molecule has 3 unspecified atom stereocenters. The highest BCUT2D eigenvalue weighted by Gasteiger charge is 2.56. The lowest BCUT2D eigenvalue weighted by atomic mass is 9.70. The molecule has 2 aliphatic carbocycles. The van der Waals surface area contributed by atoms with Gasteiger partial charge in [-0.1, -0.05) is 62.4 Å². The minimum absolute atomic E-state index is 0.0181. The Labute approximate surface area is 197 Å². The molecule has 2 heterocycles. The molecule has 5 heteroatoms. The number of nitrogens with zero attached hydrogens (tertiary/aromatic N) is 1. The number of alkyl halides is 1. The Morgan fingerprint density at radius 2 is 1.90 bits per heavy atom. The highest BCUT2D eigenvalue weighted by atomic mass is 127. The molecule has 2 aromatic rings. The summed E-state index contributed by atoms with van der Waals surface area (Å²) in [6.45, 7) is 8.80. The van der Waals surface area contributed by atoms with Gasteiger partial charge in [0.15, 0.2) is 0 Å². The molecule has 0 saturated heterocycles. The molecule has 1 N–H and O–H groups in total. The fourth-order valence-corrected chi connectivity index (χ4v) is 7.25. The van der Waals surface area contributed by atoms with Gasteiger partial charge < -0.3 is 9.84 Å². The molecular weight excluding hydrogens is 504 g/mol. The van der Waals surface area contributed by atoms with E-state index in [1.54, 1.807) is 0 Å². The molecule has 0 bridgehead atoms. The van der Waals surface area contributed by atoms with Crippen LogP contribution in [0.1, 0.15) is 105 Å². The lowest BCUT2D eigenvalue weighted by Crippen LogP contribution is -2.35. The molecule has 166 valence electrons. The van der Waals surface area contributed by atoms with Crippen molar-refractivity contribution >= 4 is 22.6 Å². The van der Waals surface area contributed by atoms with E-state index in [1.807, 2.05) is 12.1 Å². The zero-order valence-corrected chi connectivity index (χ0v) is 20.9. The molecular formula is C26H31FINO2. The normalized spacial score (nSPS) is 31.3. The minimum atomic E-state index is -0.530. The summed E-state index contributed by atoms with van der Waals surface area (Å²) < 4.78 is 21.0. The first-order chi connectivity index (χ1) is 14.6. The van der Waals surface area contributed by atoms with Crippen LogP contribution in [0, 0.1) is 11.2 Å². The Kier molecular flexibility index (Phi) is 5.26. The topological polar surface area (TPSA) is 42.4 Å². The average Bonchev–Trinajstić information content (AvgIpc) is 3.22. The SMILES string of the molecule is CC(C)c1nc2c(c3c1[C@@H](c1ccc(F)cc1)OC31CCCC1I)C(O)CC(C)(C)C2. The summed E-state index contributed by atoms with van der Waals surface area (Å²) in [4.78, 5) is 5.19. The van der Waals surface area contributed by atoms with E-state index in [0.29, 0.717) is 3.92 Å². The van der Waals surface area contributed by atoms with Crippen LogP contribution in [-0.2, 0) is 16.8 Å². The molecule has 0 amide bonds. The Bertz CT molecular complexity index is 1020. The van der Waals surface area contributed by atoms with E-state index >= 15 is 0 Å². The summed E-state index contributed by atoms with van der Waals surface area (Å²) in [7, 11) is 0. The summed E-state index contributed by atoms with van der Waals surface area (Å²) >= 11 is 2.55. The minimum Gasteiger partial charge on any atom is -0.388 e. The maximum absolute atomic E-state index is 13.7. The number of hydrogen-bond donors (Lipinski definition) is 1. The molecule has 1 aromatic carbocycles. The number of halogens is 2. The van der Waals surface area contributed by atoms with Gasteiger partial charge in [0.1, 0.15) is 17.5 Å². The van der Waals surface area contributed by atoms with Crippen molar-refractivity contribution in [1.29, 1.82) is 0 Å². The van der Waals surface area contributed by atoms with E-state index in [9.17, 15) is 9.50 Å². The lowest BCUT2D eigenvalue weighted by Gasteiger charge is -2.39. The van der Waals surface area contributed by atoms with Crippen molar-refractivity contribution in [2.24, 2.45) is 5.41 Å². The number of fused-ring (bicyclic) bond motifs is 4. The smallest absolute Gasteiger partial charge is 0.123 e. The van der Waals surface area contributed by atoms with Crippen molar-refractivity contribution in [2.75, 3.05) is 0 Å². The molecule has 1 spiro atoms. The molecule has 31 heavy (non-hydrogen) atoms. The van der Waals surface area contributed by atoms with Gasteiger partial charge in [-0.3, -0.25) is 4.98 Å². The third-order valence-electron chi connectivity index (χ3n) is 7.35. The molecule has 1 aliphatic heterocycles. The first-order valence-corrected chi connectivity index (χ1v) is 12.7. The second kappa shape index (κ2) is 7.49. The van der Waals surface area contributed by atoms with Crippen molar-refractivity contribution in [3.05, 3.63) is 63.7 Å². The molecule has 0 radical (unpaired) electrons. The summed E-state index contributed by atoms with van der Waals surface area (Å²) in [6, 6.07) is 6.70. The summed E-state index contributed by atoms with van der Waals surface area (Å²) in [5.41, 5.74) is 6.04. The first kappa shape index (κ1) is 21.8. The number of benzene rings is 1. The lowest BCUT2D eigenvalue weighted by molar-refractivity contribution is -0.0516. The van der Waals surface area contributed by atoms with Gasteiger partial charge in [0, 0.05) is 32.0 Å². The van der Waals surface area contributed by atoms with E-state index < -0.39 is 11.7 Å². The van der Waals surface area contributed by atoms with Gasteiger partial charge in [-0.25, -0.2) is 4.39 Å². The maximum atomic E-state index is 13.7.